The number of rotatable bonds is 4. The summed E-state index contributed by atoms with van der Waals surface area (Å²) in [6.07, 6.45) is 3.52. The highest BCUT2D eigenvalue weighted by atomic mass is 16.1. The third-order valence-corrected chi connectivity index (χ3v) is 1.95. The topological polar surface area (TPSA) is 29.1 Å². The van der Waals surface area contributed by atoms with Crippen molar-refractivity contribution in [1.29, 1.82) is 0 Å². The Morgan fingerprint density at radius 2 is 2.07 bits per heavy atom. The Morgan fingerprint density at radius 1 is 1.40 bits per heavy atom. The molecule has 0 spiro atoms. The lowest BCUT2D eigenvalue weighted by Gasteiger charge is -2.02. The fraction of sp³-hybridized carbons (Fsp3) is 0.154. The van der Waals surface area contributed by atoms with E-state index in [1.165, 1.54) is 0 Å². The Hall–Kier alpha value is -1.83. The zero-order valence-electron chi connectivity index (χ0n) is 8.86. The van der Waals surface area contributed by atoms with Gasteiger partial charge in [-0.3, -0.25) is 4.79 Å². The second-order valence-corrected chi connectivity index (χ2v) is 3.24. The molecule has 0 radical (unpaired) electrons. The molecule has 1 rings (SSSR count). The van der Waals surface area contributed by atoms with Crippen LogP contribution in [0.25, 0.3) is 6.08 Å². The third kappa shape index (κ3) is 3.81. The van der Waals surface area contributed by atoms with Crippen LogP contribution in [0.3, 0.4) is 0 Å². The Morgan fingerprint density at radius 3 is 2.67 bits per heavy atom. The summed E-state index contributed by atoms with van der Waals surface area (Å²) in [5.74, 6) is -0.0567. The molecule has 0 saturated heterocycles. The quantitative estimate of drug-likeness (QED) is 0.588. The van der Waals surface area contributed by atoms with Gasteiger partial charge in [0.15, 0.2) is 0 Å². The molecule has 1 aromatic carbocycles. The van der Waals surface area contributed by atoms with Gasteiger partial charge in [0.2, 0.25) is 5.91 Å². The number of hydrogen-bond donors (Lipinski definition) is 1. The van der Waals surface area contributed by atoms with Gasteiger partial charge in [-0.25, -0.2) is 0 Å². The van der Waals surface area contributed by atoms with Gasteiger partial charge in [-0.2, -0.15) is 0 Å². The molecule has 0 aliphatic carbocycles. The summed E-state index contributed by atoms with van der Waals surface area (Å²) in [5, 5.41) is 2.73. The van der Waals surface area contributed by atoms with E-state index in [4.69, 9.17) is 0 Å². The van der Waals surface area contributed by atoms with Crippen LogP contribution in [0.1, 0.15) is 12.5 Å². The molecule has 1 aromatic rings. The average Bonchev–Trinajstić information content (AvgIpc) is 2.27. The van der Waals surface area contributed by atoms with E-state index in [1.54, 1.807) is 13.0 Å². The van der Waals surface area contributed by atoms with Gasteiger partial charge in [0, 0.05) is 12.1 Å². The van der Waals surface area contributed by atoms with Gasteiger partial charge < -0.3 is 5.32 Å². The molecular formula is C13H15NO. The minimum Gasteiger partial charge on any atom is -0.349 e. The van der Waals surface area contributed by atoms with Crippen LogP contribution < -0.4 is 5.32 Å². The van der Waals surface area contributed by atoms with Crippen molar-refractivity contribution in [2.24, 2.45) is 0 Å². The van der Waals surface area contributed by atoms with Gasteiger partial charge in [-0.05, 0) is 18.6 Å². The second kappa shape index (κ2) is 5.81. The molecule has 0 aromatic heterocycles. The van der Waals surface area contributed by atoms with Crippen LogP contribution in [0.5, 0.6) is 0 Å². The van der Waals surface area contributed by atoms with Crippen molar-refractivity contribution in [3.63, 3.8) is 0 Å². The summed E-state index contributed by atoms with van der Waals surface area (Å²) in [7, 11) is 0. The summed E-state index contributed by atoms with van der Waals surface area (Å²) in [6.45, 7) is 5.84. The van der Waals surface area contributed by atoms with Crippen molar-refractivity contribution in [3.05, 3.63) is 54.1 Å². The summed E-state index contributed by atoms with van der Waals surface area (Å²) in [6, 6.07) is 9.76. The van der Waals surface area contributed by atoms with Crippen LogP contribution in [0.2, 0.25) is 0 Å². The Balaban J connectivity index is 2.67. The molecule has 0 saturated carbocycles. The molecule has 78 valence electrons. The summed E-state index contributed by atoms with van der Waals surface area (Å²) >= 11 is 0. The number of carbonyl (C=O) groups is 1. The fourth-order valence-corrected chi connectivity index (χ4v) is 1.17. The van der Waals surface area contributed by atoms with E-state index in [9.17, 15) is 4.79 Å². The molecule has 1 N–H and O–H groups in total. The molecule has 0 aliphatic heterocycles. The zero-order chi connectivity index (χ0) is 11.1. The summed E-state index contributed by atoms with van der Waals surface area (Å²) in [5.41, 5.74) is 1.73. The Bertz CT molecular complexity index is 365. The Labute approximate surface area is 90.3 Å². The van der Waals surface area contributed by atoms with Crippen LogP contribution in [0.15, 0.2) is 48.6 Å². The van der Waals surface area contributed by atoms with Crippen LogP contribution >= 0.6 is 0 Å². The zero-order valence-corrected chi connectivity index (χ0v) is 8.86. The van der Waals surface area contributed by atoms with Crippen molar-refractivity contribution in [1.82, 2.24) is 5.32 Å². The molecule has 0 heterocycles. The first kappa shape index (κ1) is 11.2. The second-order valence-electron chi connectivity index (χ2n) is 3.24. The van der Waals surface area contributed by atoms with E-state index in [1.807, 2.05) is 36.4 Å². The van der Waals surface area contributed by atoms with Gasteiger partial charge in [0.25, 0.3) is 0 Å². The maximum absolute atomic E-state index is 11.5. The molecule has 1 amide bonds. The standard InChI is InChI=1S/C13H15NO/c1-3-9-14-13(15)11(2)10-12-7-5-4-6-8-12/h3-8,10H,1,9H2,2H3,(H,14,15)/b11-10-. The van der Waals surface area contributed by atoms with Gasteiger partial charge in [-0.1, -0.05) is 36.4 Å². The summed E-state index contributed by atoms with van der Waals surface area (Å²) in [4.78, 5) is 11.5. The molecule has 15 heavy (non-hydrogen) atoms. The maximum Gasteiger partial charge on any atom is 0.247 e. The number of nitrogens with one attached hydrogen (secondary N) is 1. The maximum atomic E-state index is 11.5. The first-order valence-electron chi connectivity index (χ1n) is 4.86. The smallest absolute Gasteiger partial charge is 0.247 e. The molecule has 2 heteroatoms. The predicted octanol–water partition coefficient (Wildman–Crippen LogP) is 2.39. The highest BCUT2D eigenvalue weighted by molar-refractivity contribution is 5.97. The predicted molar refractivity (Wildman–Crippen MR) is 63.3 cm³/mol. The van der Waals surface area contributed by atoms with E-state index in [0.29, 0.717) is 12.1 Å². The summed E-state index contributed by atoms with van der Waals surface area (Å²) < 4.78 is 0. The van der Waals surface area contributed by atoms with Crippen molar-refractivity contribution in [2.45, 2.75) is 6.92 Å². The van der Waals surface area contributed by atoms with Crippen molar-refractivity contribution < 1.29 is 4.79 Å². The monoisotopic (exact) mass is 201 g/mol. The lowest BCUT2D eigenvalue weighted by atomic mass is 10.1. The van der Waals surface area contributed by atoms with Crippen molar-refractivity contribution in [3.8, 4) is 0 Å². The van der Waals surface area contributed by atoms with E-state index in [2.05, 4.69) is 11.9 Å². The molecule has 0 bridgehead atoms. The van der Waals surface area contributed by atoms with Gasteiger partial charge >= 0.3 is 0 Å². The van der Waals surface area contributed by atoms with Crippen molar-refractivity contribution >= 4 is 12.0 Å². The van der Waals surface area contributed by atoms with Crippen LogP contribution in [-0.4, -0.2) is 12.5 Å². The van der Waals surface area contributed by atoms with Gasteiger partial charge in [0.05, 0.1) is 0 Å². The lowest BCUT2D eigenvalue weighted by Crippen LogP contribution is -2.23. The molecular weight excluding hydrogens is 186 g/mol. The number of carbonyl (C=O) groups excluding carboxylic acids is 1. The normalized spacial score (nSPS) is 10.9. The lowest BCUT2D eigenvalue weighted by molar-refractivity contribution is -0.117. The van der Waals surface area contributed by atoms with Crippen LogP contribution in [0, 0.1) is 0 Å². The van der Waals surface area contributed by atoms with E-state index >= 15 is 0 Å². The first-order chi connectivity index (χ1) is 7.24. The number of amides is 1. The van der Waals surface area contributed by atoms with E-state index in [-0.39, 0.29) is 5.91 Å². The molecule has 0 aliphatic rings. The number of hydrogen-bond acceptors (Lipinski definition) is 1. The minimum absolute atomic E-state index is 0.0567. The average molecular weight is 201 g/mol. The van der Waals surface area contributed by atoms with Crippen LogP contribution in [-0.2, 0) is 4.79 Å². The minimum atomic E-state index is -0.0567. The fourth-order valence-electron chi connectivity index (χ4n) is 1.17. The highest BCUT2D eigenvalue weighted by Crippen LogP contribution is 2.05. The SMILES string of the molecule is C=CCNC(=O)/C(C)=C\c1ccccc1. The van der Waals surface area contributed by atoms with E-state index < -0.39 is 0 Å². The largest absolute Gasteiger partial charge is 0.349 e. The van der Waals surface area contributed by atoms with Crippen LogP contribution in [0.4, 0.5) is 0 Å². The van der Waals surface area contributed by atoms with Crippen molar-refractivity contribution in [2.75, 3.05) is 6.54 Å². The van der Waals surface area contributed by atoms with Gasteiger partial charge in [-0.15, -0.1) is 6.58 Å². The molecule has 2 nitrogen and oxygen atoms in total. The highest BCUT2D eigenvalue weighted by Gasteiger charge is 2.01. The number of benzene rings is 1. The Kier molecular flexibility index (Phi) is 4.35. The third-order valence-electron chi connectivity index (χ3n) is 1.95. The molecule has 0 fully saturated rings. The van der Waals surface area contributed by atoms with E-state index in [0.717, 1.165) is 5.56 Å². The first-order valence-corrected chi connectivity index (χ1v) is 4.86. The molecule has 0 unspecified atom stereocenters. The molecule has 0 atom stereocenters. The van der Waals surface area contributed by atoms with Gasteiger partial charge in [0.1, 0.15) is 0 Å².